The van der Waals surface area contributed by atoms with E-state index in [9.17, 15) is 10.1 Å². The number of aromatic nitrogens is 2. The van der Waals surface area contributed by atoms with Crippen LogP contribution in [-0.2, 0) is 0 Å². The first-order chi connectivity index (χ1) is 7.16. The summed E-state index contributed by atoms with van der Waals surface area (Å²) in [6.45, 7) is 0. The third-order valence-electron chi connectivity index (χ3n) is 1.93. The van der Waals surface area contributed by atoms with Crippen LogP contribution in [-0.4, -0.2) is 14.7 Å². The molecule has 1 aromatic heterocycles. The van der Waals surface area contributed by atoms with Gasteiger partial charge in [0.1, 0.15) is 0 Å². The molecule has 0 saturated carbocycles. The first-order valence-corrected chi connectivity index (χ1v) is 4.22. The largest absolute Gasteiger partial charge is 0.396 e. The van der Waals surface area contributed by atoms with E-state index in [2.05, 4.69) is 5.10 Å². The molecule has 1 aromatic carbocycles. The summed E-state index contributed by atoms with van der Waals surface area (Å²) in [5, 5.41) is 14.4. The standard InChI is InChI=1S/C9H8N4O2/c10-7-5-11-12(6-7)8-1-3-9(4-2-8)13(14)15/h1-6H,10H2. The molecule has 0 radical (unpaired) electrons. The first kappa shape index (κ1) is 9.20. The number of anilines is 1. The number of nitrogens with two attached hydrogens (primary N) is 1. The van der Waals surface area contributed by atoms with Crippen molar-refractivity contribution in [3.63, 3.8) is 0 Å². The highest BCUT2D eigenvalue weighted by molar-refractivity contribution is 5.42. The molecule has 0 aliphatic heterocycles. The Morgan fingerprint density at radius 3 is 2.47 bits per heavy atom. The molecule has 0 aliphatic rings. The van der Waals surface area contributed by atoms with Gasteiger partial charge in [0, 0.05) is 12.1 Å². The van der Waals surface area contributed by atoms with Gasteiger partial charge in [0.25, 0.3) is 5.69 Å². The van der Waals surface area contributed by atoms with Crippen LogP contribution in [0.4, 0.5) is 11.4 Å². The number of hydrogen-bond donors (Lipinski definition) is 1. The molecule has 6 heteroatoms. The molecule has 0 spiro atoms. The van der Waals surface area contributed by atoms with Gasteiger partial charge in [-0.2, -0.15) is 5.10 Å². The molecule has 0 bridgehead atoms. The molecule has 2 aromatic rings. The molecule has 0 saturated heterocycles. The van der Waals surface area contributed by atoms with Gasteiger partial charge >= 0.3 is 0 Å². The zero-order chi connectivity index (χ0) is 10.8. The zero-order valence-corrected chi connectivity index (χ0v) is 7.70. The lowest BCUT2D eigenvalue weighted by Crippen LogP contribution is -1.94. The molecular weight excluding hydrogens is 196 g/mol. The van der Waals surface area contributed by atoms with Crippen molar-refractivity contribution in [3.05, 3.63) is 46.8 Å². The average Bonchev–Trinajstić information content (AvgIpc) is 2.65. The fraction of sp³-hybridized carbons (Fsp3) is 0. The van der Waals surface area contributed by atoms with Gasteiger partial charge in [-0.05, 0) is 12.1 Å². The van der Waals surface area contributed by atoms with Gasteiger partial charge in [-0.15, -0.1) is 0 Å². The number of hydrogen-bond acceptors (Lipinski definition) is 4. The summed E-state index contributed by atoms with van der Waals surface area (Å²) in [5.41, 5.74) is 6.84. The Kier molecular flexibility index (Phi) is 2.09. The summed E-state index contributed by atoms with van der Waals surface area (Å²) in [6.07, 6.45) is 3.16. The second-order valence-corrected chi connectivity index (χ2v) is 2.99. The van der Waals surface area contributed by atoms with Gasteiger partial charge in [0.05, 0.1) is 28.7 Å². The quantitative estimate of drug-likeness (QED) is 0.591. The number of nitrogens with zero attached hydrogens (tertiary/aromatic N) is 3. The summed E-state index contributed by atoms with van der Waals surface area (Å²) in [4.78, 5) is 9.97. The van der Waals surface area contributed by atoms with E-state index >= 15 is 0 Å². The van der Waals surface area contributed by atoms with E-state index in [1.54, 1.807) is 23.0 Å². The van der Waals surface area contributed by atoms with Crippen LogP contribution in [0.2, 0.25) is 0 Å². The minimum Gasteiger partial charge on any atom is -0.396 e. The van der Waals surface area contributed by atoms with E-state index in [1.807, 2.05) is 0 Å². The van der Waals surface area contributed by atoms with E-state index in [0.29, 0.717) is 5.69 Å². The van der Waals surface area contributed by atoms with Gasteiger partial charge < -0.3 is 5.73 Å². The maximum Gasteiger partial charge on any atom is 0.269 e. The highest BCUT2D eigenvalue weighted by Gasteiger charge is 2.05. The molecule has 6 nitrogen and oxygen atoms in total. The van der Waals surface area contributed by atoms with Gasteiger partial charge in [0.15, 0.2) is 0 Å². The molecule has 1 heterocycles. The predicted molar refractivity (Wildman–Crippen MR) is 54.6 cm³/mol. The number of nitro groups is 1. The predicted octanol–water partition coefficient (Wildman–Crippen LogP) is 1.36. The fourth-order valence-electron chi connectivity index (χ4n) is 1.21. The molecule has 76 valence electrons. The van der Waals surface area contributed by atoms with Gasteiger partial charge in [-0.1, -0.05) is 0 Å². The van der Waals surface area contributed by atoms with Gasteiger partial charge in [-0.3, -0.25) is 10.1 Å². The maximum absolute atomic E-state index is 10.4. The first-order valence-electron chi connectivity index (χ1n) is 4.22. The van der Waals surface area contributed by atoms with Crippen LogP contribution in [0.3, 0.4) is 0 Å². The summed E-state index contributed by atoms with van der Waals surface area (Å²) in [7, 11) is 0. The fourth-order valence-corrected chi connectivity index (χ4v) is 1.21. The van der Waals surface area contributed by atoms with Crippen LogP contribution < -0.4 is 5.73 Å². The Labute approximate surface area is 85.1 Å². The molecular formula is C9H8N4O2. The lowest BCUT2D eigenvalue weighted by molar-refractivity contribution is -0.384. The topological polar surface area (TPSA) is 87.0 Å². The van der Waals surface area contributed by atoms with Crippen LogP contribution in [0.25, 0.3) is 5.69 Å². The smallest absolute Gasteiger partial charge is 0.269 e. The monoisotopic (exact) mass is 204 g/mol. The molecule has 2 rings (SSSR count). The van der Waals surface area contributed by atoms with Gasteiger partial charge in [0.2, 0.25) is 0 Å². The molecule has 0 atom stereocenters. The Morgan fingerprint density at radius 2 is 2.00 bits per heavy atom. The zero-order valence-electron chi connectivity index (χ0n) is 7.70. The Morgan fingerprint density at radius 1 is 1.33 bits per heavy atom. The van der Waals surface area contributed by atoms with E-state index in [0.717, 1.165) is 5.69 Å². The molecule has 15 heavy (non-hydrogen) atoms. The van der Waals surface area contributed by atoms with Crippen molar-refractivity contribution in [2.24, 2.45) is 0 Å². The Balaban J connectivity index is 2.35. The summed E-state index contributed by atoms with van der Waals surface area (Å²) in [6, 6.07) is 6.08. The third kappa shape index (κ3) is 1.78. The van der Waals surface area contributed by atoms with Crippen molar-refractivity contribution in [2.75, 3.05) is 5.73 Å². The van der Waals surface area contributed by atoms with Crippen LogP contribution >= 0.6 is 0 Å². The van der Waals surface area contributed by atoms with E-state index in [1.165, 1.54) is 18.3 Å². The second-order valence-electron chi connectivity index (χ2n) is 2.99. The Hall–Kier alpha value is -2.37. The van der Waals surface area contributed by atoms with Crippen molar-refractivity contribution in [2.45, 2.75) is 0 Å². The number of nitro benzene ring substituents is 1. The highest BCUT2D eigenvalue weighted by atomic mass is 16.6. The van der Waals surface area contributed by atoms with Crippen LogP contribution in [0, 0.1) is 10.1 Å². The summed E-state index contributed by atoms with van der Waals surface area (Å²) >= 11 is 0. The van der Waals surface area contributed by atoms with E-state index < -0.39 is 4.92 Å². The van der Waals surface area contributed by atoms with Crippen molar-refractivity contribution in [3.8, 4) is 5.69 Å². The molecule has 0 unspecified atom stereocenters. The average molecular weight is 204 g/mol. The van der Waals surface area contributed by atoms with E-state index in [4.69, 9.17) is 5.73 Å². The SMILES string of the molecule is Nc1cnn(-c2ccc([N+](=O)[O-])cc2)c1. The van der Waals surface area contributed by atoms with Crippen LogP contribution in [0.5, 0.6) is 0 Å². The minimum absolute atomic E-state index is 0.0545. The molecule has 2 N–H and O–H groups in total. The number of rotatable bonds is 2. The molecule has 0 amide bonds. The van der Waals surface area contributed by atoms with Crippen molar-refractivity contribution < 1.29 is 4.92 Å². The van der Waals surface area contributed by atoms with Crippen molar-refractivity contribution in [1.82, 2.24) is 9.78 Å². The van der Waals surface area contributed by atoms with Crippen LogP contribution in [0.15, 0.2) is 36.7 Å². The Bertz CT molecular complexity index is 489. The number of non-ortho nitro benzene ring substituents is 1. The highest BCUT2D eigenvalue weighted by Crippen LogP contribution is 2.15. The summed E-state index contributed by atoms with van der Waals surface area (Å²) < 4.78 is 1.55. The van der Waals surface area contributed by atoms with E-state index in [-0.39, 0.29) is 5.69 Å². The normalized spacial score (nSPS) is 10.1. The van der Waals surface area contributed by atoms with Gasteiger partial charge in [-0.25, -0.2) is 4.68 Å². The number of benzene rings is 1. The minimum atomic E-state index is -0.443. The molecule has 0 aliphatic carbocycles. The summed E-state index contributed by atoms with van der Waals surface area (Å²) in [5.74, 6) is 0. The third-order valence-corrected chi connectivity index (χ3v) is 1.93. The van der Waals surface area contributed by atoms with Crippen molar-refractivity contribution in [1.29, 1.82) is 0 Å². The lowest BCUT2D eigenvalue weighted by atomic mass is 10.3. The maximum atomic E-state index is 10.4. The van der Waals surface area contributed by atoms with Crippen LogP contribution in [0.1, 0.15) is 0 Å². The van der Waals surface area contributed by atoms with Crippen molar-refractivity contribution >= 4 is 11.4 Å². The lowest BCUT2D eigenvalue weighted by Gasteiger charge is -1.99. The second kappa shape index (κ2) is 3.41. The number of nitrogen functional groups attached to an aromatic ring is 1. The molecule has 0 fully saturated rings.